The number of nitrogens with one attached hydrogen (secondary N) is 1. The molecule has 2 saturated heterocycles. The summed E-state index contributed by atoms with van der Waals surface area (Å²) in [7, 11) is -1.79. The van der Waals surface area contributed by atoms with E-state index >= 15 is 0 Å². The van der Waals surface area contributed by atoms with E-state index in [1.807, 2.05) is 29.3 Å². The molecule has 6 rings (SSSR count). The van der Waals surface area contributed by atoms with Gasteiger partial charge in [0.1, 0.15) is 18.0 Å². The lowest BCUT2D eigenvalue weighted by atomic mass is 9.98. The molecule has 1 radical (unpaired) electrons. The van der Waals surface area contributed by atoms with Crippen LogP contribution in [0.2, 0.25) is 0 Å². The summed E-state index contributed by atoms with van der Waals surface area (Å²) in [6, 6.07) is 5.13. The molecule has 0 unspecified atom stereocenters. The Bertz CT molecular complexity index is 1390. The first-order chi connectivity index (χ1) is 16.0. The molecule has 1 N–H and O–H groups in total. The second-order valence-corrected chi connectivity index (χ2v) is 10.5. The van der Waals surface area contributed by atoms with E-state index in [0.717, 1.165) is 48.2 Å². The van der Waals surface area contributed by atoms with Gasteiger partial charge in [0.15, 0.2) is 5.03 Å². The average molecular weight is 467 g/mol. The van der Waals surface area contributed by atoms with Crippen LogP contribution in [0.3, 0.4) is 0 Å². The minimum Gasteiger partial charge on any atom is -0.346 e. The number of H-pyrrole nitrogens is 1. The molecule has 2 aliphatic rings. The van der Waals surface area contributed by atoms with Crippen LogP contribution in [-0.2, 0) is 17.1 Å². The number of aryl methyl sites for hydroxylation is 1. The summed E-state index contributed by atoms with van der Waals surface area (Å²) >= 11 is 0. The van der Waals surface area contributed by atoms with Crippen molar-refractivity contribution in [3.8, 4) is 11.3 Å². The predicted molar refractivity (Wildman–Crippen MR) is 120 cm³/mol. The third kappa shape index (κ3) is 3.54. The quantitative estimate of drug-likeness (QED) is 0.468. The maximum atomic E-state index is 12.8. The van der Waals surface area contributed by atoms with E-state index in [2.05, 4.69) is 30.0 Å². The van der Waals surface area contributed by atoms with Crippen molar-refractivity contribution in [3.63, 3.8) is 0 Å². The van der Waals surface area contributed by atoms with Crippen LogP contribution in [0.15, 0.2) is 48.3 Å². The molecule has 0 saturated carbocycles. The lowest BCUT2D eigenvalue weighted by Crippen LogP contribution is -2.56. The Labute approximate surface area is 191 Å². The van der Waals surface area contributed by atoms with Gasteiger partial charge >= 0.3 is 0 Å². The van der Waals surface area contributed by atoms with Crippen molar-refractivity contribution < 1.29 is 8.42 Å². The Morgan fingerprint density at radius 2 is 1.94 bits per heavy atom. The van der Waals surface area contributed by atoms with Gasteiger partial charge in [0, 0.05) is 68.8 Å². The lowest BCUT2D eigenvalue weighted by Gasteiger charge is -2.46. The van der Waals surface area contributed by atoms with Crippen LogP contribution in [0, 0.1) is 6.04 Å². The molecule has 4 aromatic rings. The first-order valence-corrected chi connectivity index (χ1v) is 12.3. The van der Waals surface area contributed by atoms with Crippen LogP contribution < -0.4 is 0 Å². The zero-order valence-corrected chi connectivity index (χ0v) is 19.0. The Kier molecular flexibility index (Phi) is 4.82. The van der Waals surface area contributed by atoms with Gasteiger partial charge in [-0.15, -0.1) is 0 Å². The number of hydrogen-bond donors (Lipinski definition) is 1. The third-order valence-corrected chi connectivity index (χ3v) is 8.33. The molecule has 0 aliphatic carbocycles. The topological polar surface area (TPSA) is 118 Å². The van der Waals surface area contributed by atoms with E-state index in [4.69, 9.17) is 0 Å². The number of sulfonamides is 1. The molecule has 2 aliphatic heterocycles. The molecule has 0 spiro atoms. The molecule has 0 aromatic carbocycles. The van der Waals surface area contributed by atoms with Gasteiger partial charge < -0.3 is 4.98 Å². The van der Waals surface area contributed by atoms with Crippen LogP contribution in [0.25, 0.3) is 22.3 Å². The Hall–Kier alpha value is -3.09. The number of likely N-dealkylation sites (tertiary alicyclic amines) is 1. The van der Waals surface area contributed by atoms with Crippen molar-refractivity contribution in [1.82, 2.24) is 43.7 Å². The van der Waals surface area contributed by atoms with Crippen molar-refractivity contribution in [2.75, 3.05) is 26.2 Å². The third-order valence-electron chi connectivity index (χ3n) is 6.54. The Balaban J connectivity index is 1.07. The number of hydrogen-bond acceptors (Lipinski definition) is 7. The Morgan fingerprint density at radius 1 is 1.12 bits per heavy atom. The van der Waals surface area contributed by atoms with Crippen LogP contribution in [0.1, 0.15) is 12.8 Å². The number of fused-ring (bicyclic) bond motifs is 1. The lowest BCUT2D eigenvalue weighted by molar-refractivity contribution is 0.0883. The van der Waals surface area contributed by atoms with E-state index in [-0.39, 0.29) is 5.03 Å². The molecule has 2 fully saturated rings. The maximum absolute atomic E-state index is 12.8. The molecule has 6 heterocycles. The molecular weight excluding hydrogens is 442 g/mol. The monoisotopic (exact) mass is 466 g/mol. The van der Waals surface area contributed by atoms with Gasteiger partial charge in [0.2, 0.25) is 0 Å². The van der Waals surface area contributed by atoms with Crippen LogP contribution in [0.5, 0.6) is 0 Å². The molecule has 12 heteroatoms. The smallest absolute Gasteiger partial charge is 0.262 e. The molecule has 171 valence electrons. The molecule has 0 amide bonds. The summed E-state index contributed by atoms with van der Waals surface area (Å²) in [5.41, 5.74) is 2.64. The Morgan fingerprint density at radius 3 is 2.70 bits per heavy atom. The van der Waals surface area contributed by atoms with Crippen LogP contribution >= 0.6 is 0 Å². The molecule has 4 aromatic heterocycles. The van der Waals surface area contributed by atoms with Crippen LogP contribution in [-0.4, -0.2) is 84.4 Å². The van der Waals surface area contributed by atoms with Crippen molar-refractivity contribution in [2.24, 2.45) is 7.05 Å². The molecule has 11 nitrogen and oxygen atoms in total. The highest BCUT2D eigenvalue weighted by Crippen LogP contribution is 2.31. The summed E-state index contributed by atoms with van der Waals surface area (Å²) < 4.78 is 30.6. The minimum absolute atomic E-state index is 0.123. The molecule has 0 bridgehead atoms. The summed E-state index contributed by atoms with van der Waals surface area (Å²) in [4.78, 5) is 14.2. The van der Waals surface area contributed by atoms with Gasteiger partial charge in [-0.25, -0.2) is 18.4 Å². The maximum Gasteiger partial charge on any atom is 0.262 e. The fraction of sp³-hybridized carbons (Fsp3) is 0.381. The minimum atomic E-state index is -3.52. The normalized spacial score (nSPS) is 19.3. The van der Waals surface area contributed by atoms with Crippen molar-refractivity contribution >= 4 is 21.1 Å². The van der Waals surface area contributed by atoms with Gasteiger partial charge in [-0.05, 0) is 25.0 Å². The van der Waals surface area contributed by atoms with E-state index in [0.29, 0.717) is 19.1 Å². The number of nitrogens with zero attached hydrogens (tertiary/aromatic N) is 8. The highest BCUT2D eigenvalue weighted by atomic mass is 32.2. The summed E-state index contributed by atoms with van der Waals surface area (Å²) in [5.74, 6) is 0. The first kappa shape index (κ1) is 20.5. The van der Waals surface area contributed by atoms with E-state index < -0.39 is 10.0 Å². The van der Waals surface area contributed by atoms with E-state index in [9.17, 15) is 8.42 Å². The molecular formula is C21H24N9O2S. The predicted octanol–water partition coefficient (Wildman–Crippen LogP) is 1.10. The summed E-state index contributed by atoms with van der Waals surface area (Å²) in [6.07, 6.45) is 10.6. The number of rotatable bonds is 5. The van der Waals surface area contributed by atoms with Crippen molar-refractivity contribution in [1.29, 1.82) is 0 Å². The fourth-order valence-corrected chi connectivity index (χ4v) is 6.08. The largest absolute Gasteiger partial charge is 0.346 e. The van der Waals surface area contributed by atoms with E-state index in [1.165, 1.54) is 10.7 Å². The number of aromatic nitrogens is 7. The van der Waals surface area contributed by atoms with Gasteiger partial charge in [-0.2, -0.15) is 14.5 Å². The van der Waals surface area contributed by atoms with Gasteiger partial charge in [-0.3, -0.25) is 14.3 Å². The van der Waals surface area contributed by atoms with Gasteiger partial charge in [0.25, 0.3) is 10.0 Å². The second-order valence-electron chi connectivity index (χ2n) is 8.57. The first-order valence-electron chi connectivity index (χ1n) is 10.9. The zero-order chi connectivity index (χ0) is 22.6. The van der Waals surface area contributed by atoms with Crippen molar-refractivity contribution in [2.45, 2.75) is 23.9 Å². The average Bonchev–Trinajstić information content (AvgIpc) is 3.53. The highest BCUT2D eigenvalue weighted by molar-refractivity contribution is 7.89. The van der Waals surface area contributed by atoms with Crippen molar-refractivity contribution in [3.05, 3.63) is 49.3 Å². The SMILES string of the molecule is Cn1ccc(S(=O)(=O)N2CCC(N3C[C](n4cc(-c5ncnc6[nH]ccc56)cn4)C3)CC2)n1. The molecule has 0 atom stereocenters. The summed E-state index contributed by atoms with van der Waals surface area (Å²) in [5, 5.41) is 9.72. The fourth-order valence-electron chi connectivity index (χ4n) is 4.66. The second kappa shape index (κ2) is 7.75. The van der Waals surface area contributed by atoms with Crippen LogP contribution in [0.4, 0.5) is 0 Å². The van der Waals surface area contributed by atoms with E-state index in [1.54, 1.807) is 29.9 Å². The number of piperidine rings is 1. The van der Waals surface area contributed by atoms with Gasteiger partial charge in [-0.1, -0.05) is 0 Å². The molecule has 33 heavy (non-hydrogen) atoms. The zero-order valence-electron chi connectivity index (χ0n) is 18.2. The summed E-state index contributed by atoms with van der Waals surface area (Å²) in [6.45, 7) is 2.70. The van der Waals surface area contributed by atoms with Gasteiger partial charge in [0.05, 0.1) is 11.9 Å². The highest BCUT2D eigenvalue weighted by Gasteiger charge is 2.38. The number of aromatic amines is 1. The standard InChI is InChI=1S/C21H24N9O2S/c1-27-7-5-19(26-27)33(31,32)29-8-3-16(4-9-29)28-12-17(13-28)30-11-15(10-25-30)20-18-2-6-22-21(18)24-14-23-20/h2,5-7,10-11,14,16H,3-4,8-9,12-13H2,1H3,(H,22,23,24).